The van der Waals surface area contributed by atoms with E-state index in [1.54, 1.807) is 0 Å². The molecule has 0 saturated heterocycles. The minimum Gasteiger partial charge on any atom is -0.309 e. The average Bonchev–Trinajstić information content (AvgIpc) is 1.52. The molecule has 0 fully saturated rings. The summed E-state index contributed by atoms with van der Waals surface area (Å²) < 4.78 is 2.73. The molecule has 1 aliphatic carbocycles. The number of allylic oxidation sites excluding steroid dienone is 4. The Hall–Kier alpha value is -5.29. The predicted molar refractivity (Wildman–Crippen MR) is 396 cm³/mol. The van der Waals surface area contributed by atoms with Crippen molar-refractivity contribution in [2.24, 2.45) is 0 Å². The van der Waals surface area contributed by atoms with Crippen molar-refractivity contribution in [3.8, 4) is 34.4 Å². The van der Waals surface area contributed by atoms with Crippen LogP contribution in [0.4, 0.5) is 0 Å². The number of benzene rings is 7. The first kappa shape index (κ1) is 63.3. The molecule has 0 aliphatic heterocycles. The lowest BCUT2D eigenvalue weighted by Crippen LogP contribution is -2.56. The predicted octanol–water partition coefficient (Wildman–Crippen LogP) is -24.4. The number of hydrogen-bond acceptors (Lipinski definition) is 3. The van der Waals surface area contributed by atoms with E-state index >= 15 is 0 Å². The number of hydrogen-bond donors (Lipinski definition) is 0. The van der Waals surface area contributed by atoms with Gasteiger partial charge in [-0.1, -0.05) is 82.0 Å². The van der Waals surface area contributed by atoms with Gasteiger partial charge in [0.05, 0.1) is 11.0 Å². The SMILES string of the molecule is [B]C1=C([B])C(c2c([B])c([B])c([B])c(-n3c4c([B])c([B])c([B])c([B])c4c4c([B])c([B])c5c6c([B])c([B])c([B])c([B])c6n(-c6nc(-c7c([B])c([B])c([B])c([B])c7[B])nc(-c7c([B])c([B])c([B])c([B])c7[B])n6)c5c43)c2[B])C(c2c([B])c([B])c([B])c([B])c2[B])=C1[B]. The highest BCUT2D eigenvalue weighted by molar-refractivity contribution is 6.75. The molecular weight excluding hydrogens is 1020 g/mol. The smallest absolute Gasteiger partial charge is 0.238 e. The quantitative estimate of drug-likeness (QED) is 0.156. The van der Waals surface area contributed by atoms with Crippen LogP contribution in [0.15, 0.2) is 16.4 Å². The Morgan fingerprint density at radius 2 is 0.517 bits per heavy atom. The van der Waals surface area contributed by atoms with E-state index in [0.717, 1.165) is 0 Å². The molecule has 5 nitrogen and oxygen atoms in total. The van der Waals surface area contributed by atoms with Crippen molar-refractivity contribution in [1.82, 2.24) is 24.1 Å². The van der Waals surface area contributed by atoms with Gasteiger partial charge < -0.3 is 4.57 Å². The molecule has 10 aromatic rings. The standard InChI is InChI=1S/C50HB32N5/c51-11-1(3-13(53)26(66)35(75)27(67)14(3)54)2(12(52)25(11)65)4-15(55)34(74)42(82)47(24(4)64)86-43-5(18(58)28(68)38(78)40(43)80)7-16(56)17(57)8-6-19(59)29(69)39(79)41(81)44(6)87(46(8)45(7)86)50-84-48(9-20(60)30(70)36(76)31(71)21(9)61)83-49(85-50)10-22(62)32(72)37(77)33(73)23(10)63/h2H. The maximum absolute atomic E-state index is 7.58. The maximum Gasteiger partial charge on any atom is 0.238 e. The zero-order chi connectivity index (χ0) is 64.1. The average molecular weight is 1020 g/mol. The first-order valence-corrected chi connectivity index (χ1v) is 25.3. The van der Waals surface area contributed by atoms with Gasteiger partial charge in [0.15, 0.2) is 11.6 Å². The lowest BCUT2D eigenvalue weighted by Gasteiger charge is -2.33. The van der Waals surface area contributed by atoms with E-state index in [4.69, 9.17) is 266 Å². The Balaban J connectivity index is 1.44. The van der Waals surface area contributed by atoms with Crippen LogP contribution in [0.2, 0.25) is 0 Å². The zero-order valence-corrected chi connectivity index (χ0v) is 45.8. The number of nitrogens with zero attached hydrogens (tertiary/aromatic N) is 5. The van der Waals surface area contributed by atoms with Crippen molar-refractivity contribution in [3.63, 3.8) is 0 Å². The summed E-state index contributed by atoms with van der Waals surface area (Å²) in [7, 11) is 217. The van der Waals surface area contributed by atoms with Gasteiger partial charge in [-0.25, -0.2) is 4.98 Å². The fourth-order valence-electron chi connectivity index (χ4n) is 11.7. The van der Waals surface area contributed by atoms with E-state index in [-0.39, 0.29) is 264 Å². The number of rotatable bonds is 6. The molecule has 3 heterocycles. The molecule has 7 aromatic carbocycles. The Bertz CT molecular complexity index is 4850. The molecule has 11 rings (SSSR count). The molecule has 0 bridgehead atoms. The van der Waals surface area contributed by atoms with Gasteiger partial charge in [-0.15, -0.1) is 92.9 Å². The van der Waals surface area contributed by atoms with Crippen LogP contribution in [-0.4, -0.2) is 275 Å². The Morgan fingerprint density at radius 1 is 0.230 bits per heavy atom. The van der Waals surface area contributed by atoms with Gasteiger partial charge in [-0.2, -0.15) is 9.97 Å². The summed E-state index contributed by atoms with van der Waals surface area (Å²) >= 11 is 0. The normalized spacial score (nSPS) is 13.6. The molecule has 0 saturated carbocycles. The number of fused-ring (bicyclic) bond motifs is 7. The van der Waals surface area contributed by atoms with E-state index in [9.17, 15) is 0 Å². The van der Waals surface area contributed by atoms with E-state index in [1.165, 1.54) is 9.13 Å². The Morgan fingerprint density at radius 3 is 0.908 bits per heavy atom. The third kappa shape index (κ3) is 8.49. The topological polar surface area (TPSA) is 48.5 Å². The second kappa shape index (κ2) is 21.7. The summed E-state index contributed by atoms with van der Waals surface area (Å²) in [5, 5.41) is -0.0770. The fourth-order valence-corrected chi connectivity index (χ4v) is 11.7. The molecular formula is C50HB32N5. The van der Waals surface area contributed by atoms with Crippen LogP contribution in [0.5, 0.6) is 0 Å². The summed E-state index contributed by atoms with van der Waals surface area (Å²) in [5.74, 6) is -2.61. The highest BCUT2D eigenvalue weighted by Gasteiger charge is 2.36. The molecule has 1 aliphatic rings. The molecule has 64 radical (unpaired) electrons. The Labute approximate surface area is 546 Å². The minimum absolute atomic E-state index is 0.00526. The van der Waals surface area contributed by atoms with Crippen molar-refractivity contribution in [2.75, 3.05) is 0 Å². The first-order chi connectivity index (χ1) is 40.6. The van der Waals surface area contributed by atoms with Gasteiger partial charge in [0, 0.05) is 44.5 Å². The summed E-state index contributed by atoms with van der Waals surface area (Å²) in [5.41, 5.74) is -7.92. The van der Waals surface area contributed by atoms with Gasteiger partial charge >= 0.3 is 0 Å². The number of aromatic nitrogens is 5. The second-order valence-electron chi connectivity index (χ2n) is 20.9. The summed E-state index contributed by atoms with van der Waals surface area (Å²) in [6, 6.07) is 0. The third-order valence-corrected chi connectivity index (χ3v) is 16.5. The Kier molecular flexibility index (Phi) is 15.8. The highest BCUT2D eigenvalue weighted by Crippen LogP contribution is 2.45. The first-order valence-electron chi connectivity index (χ1n) is 25.3. The van der Waals surface area contributed by atoms with Crippen molar-refractivity contribution in [3.05, 3.63) is 27.5 Å². The van der Waals surface area contributed by atoms with Crippen molar-refractivity contribution in [2.45, 2.75) is 5.92 Å². The van der Waals surface area contributed by atoms with E-state index in [0.29, 0.717) is 0 Å². The summed E-state index contributed by atoms with van der Waals surface area (Å²) in [4.78, 5) is 14.8. The monoisotopic (exact) mass is 1020 g/mol. The molecule has 0 spiro atoms. The van der Waals surface area contributed by atoms with Gasteiger partial charge in [0.1, 0.15) is 251 Å². The van der Waals surface area contributed by atoms with Crippen LogP contribution >= 0.6 is 0 Å². The van der Waals surface area contributed by atoms with Crippen LogP contribution in [0.1, 0.15) is 17.0 Å². The summed E-state index contributed by atoms with van der Waals surface area (Å²) in [6.07, 6.45) is 0. The van der Waals surface area contributed by atoms with Crippen molar-refractivity contribution >= 4 is 459 Å². The molecule has 0 N–H and O–H groups in total. The van der Waals surface area contributed by atoms with E-state index in [1.807, 2.05) is 0 Å². The van der Waals surface area contributed by atoms with E-state index in [2.05, 4.69) is 0 Å². The van der Waals surface area contributed by atoms with Crippen molar-refractivity contribution in [1.29, 1.82) is 0 Å². The fraction of sp³-hybridized carbons (Fsp3) is 0.0200. The van der Waals surface area contributed by atoms with Crippen LogP contribution in [0.3, 0.4) is 0 Å². The lowest BCUT2D eigenvalue weighted by molar-refractivity contribution is 0.958. The van der Waals surface area contributed by atoms with Crippen molar-refractivity contribution < 1.29 is 0 Å². The van der Waals surface area contributed by atoms with Crippen LogP contribution < -0.4 is 158 Å². The van der Waals surface area contributed by atoms with Crippen LogP contribution in [0.25, 0.3) is 83.6 Å². The van der Waals surface area contributed by atoms with E-state index < -0.39 is 11.9 Å². The largest absolute Gasteiger partial charge is 0.309 e. The van der Waals surface area contributed by atoms with Gasteiger partial charge in [0.25, 0.3) is 0 Å². The second-order valence-corrected chi connectivity index (χ2v) is 20.9. The molecule has 1 atom stereocenters. The van der Waals surface area contributed by atoms with Gasteiger partial charge in [-0.05, 0) is 27.5 Å². The van der Waals surface area contributed by atoms with Crippen LogP contribution in [0, 0.1) is 0 Å². The summed E-state index contributed by atoms with van der Waals surface area (Å²) in [6.45, 7) is 0. The molecule has 37 heteroatoms. The zero-order valence-electron chi connectivity index (χ0n) is 45.8. The minimum atomic E-state index is -1.40. The third-order valence-electron chi connectivity index (χ3n) is 16.5. The molecule has 322 valence electrons. The maximum atomic E-state index is 7.58. The molecule has 0 amide bonds. The molecule has 1 unspecified atom stereocenters. The molecule has 3 aromatic heterocycles. The highest BCUT2D eigenvalue weighted by atomic mass is 15.2. The molecule has 87 heavy (non-hydrogen) atoms. The van der Waals surface area contributed by atoms with Crippen LogP contribution in [-0.2, 0) is 0 Å². The van der Waals surface area contributed by atoms with Gasteiger partial charge in [-0.3, -0.25) is 4.57 Å². The lowest BCUT2D eigenvalue weighted by atomic mass is 9.56. The van der Waals surface area contributed by atoms with Gasteiger partial charge in [0.2, 0.25) is 5.95 Å².